The van der Waals surface area contributed by atoms with Crippen molar-refractivity contribution < 1.29 is 24.5 Å². The van der Waals surface area contributed by atoms with Gasteiger partial charge in [0.05, 0.1) is 36.8 Å². The fourth-order valence-electron chi connectivity index (χ4n) is 2.07. The molecular formula is C21H24N2O5. The van der Waals surface area contributed by atoms with Gasteiger partial charge in [-0.1, -0.05) is 24.3 Å². The standard InChI is InChI=1S/C15H10N2O2.C6H14O3/c18-10-16-14-5-1-12(2-6-14)9-13-3-7-15(8-4-13)17-11-19;1-5(8)4-9-6(2)3-7/h1-8H,9H2;5-8H,3-4H2,1-2H3. The molecule has 148 valence electrons. The monoisotopic (exact) mass is 384 g/mol. The Morgan fingerprint density at radius 3 is 1.64 bits per heavy atom. The van der Waals surface area contributed by atoms with Crippen LogP contribution in [0, 0.1) is 0 Å². The zero-order valence-electron chi connectivity index (χ0n) is 15.9. The van der Waals surface area contributed by atoms with Crippen molar-refractivity contribution in [3.05, 3.63) is 59.7 Å². The predicted octanol–water partition coefficient (Wildman–Crippen LogP) is 2.98. The smallest absolute Gasteiger partial charge is 0.240 e. The number of nitrogens with zero attached hydrogens (tertiary/aromatic N) is 2. The molecule has 0 fully saturated rings. The van der Waals surface area contributed by atoms with Gasteiger partial charge >= 0.3 is 0 Å². The lowest BCUT2D eigenvalue weighted by Crippen LogP contribution is -2.19. The molecule has 7 heteroatoms. The number of carbonyl (C=O) groups excluding carboxylic acids is 2. The Hall–Kier alpha value is -2.92. The van der Waals surface area contributed by atoms with E-state index in [0.29, 0.717) is 18.0 Å². The number of aliphatic imine (C=N–C) groups is 2. The minimum atomic E-state index is -0.445. The Kier molecular flexibility index (Phi) is 11.0. The molecule has 2 unspecified atom stereocenters. The van der Waals surface area contributed by atoms with Crippen LogP contribution in [-0.2, 0) is 20.7 Å². The fraction of sp³-hybridized carbons (Fsp3) is 0.333. The molecule has 2 N–H and O–H groups in total. The molecule has 0 saturated carbocycles. The first-order valence-corrected chi connectivity index (χ1v) is 8.72. The van der Waals surface area contributed by atoms with Crippen LogP contribution in [0.2, 0.25) is 0 Å². The van der Waals surface area contributed by atoms with E-state index >= 15 is 0 Å². The van der Waals surface area contributed by atoms with Gasteiger partial charge in [-0.25, -0.2) is 9.59 Å². The Morgan fingerprint density at radius 1 is 0.893 bits per heavy atom. The Labute approximate surface area is 164 Å². The van der Waals surface area contributed by atoms with Gasteiger partial charge in [0.15, 0.2) is 0 Å². The minimum absolute atomic E-state index is 0.00667. The summed E-state index contributed by atoms with van der Waals surface area (Å²) >= 11 is 0. The normalized spacial score (nSPS) is 11.9. The van der Waals surface area contributed by atoms with E-state index in [1.807, 2.05) is 24.3 Å². The summed E-state index contributed by atoms with van der Waals surface area (Å²) in [6.07, 6.45) is 3.16. The lowest BCUT2D eigenvalue weighted by molar-refractivity contribution is -0.0177. The maximum atomic E-state index is 10.1. The predicted molar refractivity (Wildman–Crippen MR) is 105 cm³/mol. The molecule has 28 heavy (non-hydrogen) atoms. The molecular weight excluding hydrogens is 360 g/mol. The molecule has 2 aromatic rings. The zero-order chi connectivity index (χ0) is 20.8. The van der Waals surface area contributed by atoms with Crippen molar-refractivity contribution in [3.63, 3.8) is 0 Å². The van der Waals surface area contributed by atoms with Gasteiger partial charge in [-0.2, -0.15) is 9.98 Å². The van der Waals surface area contributed by atoms with Crippen molar-refractivity contribution in [2.75, 3.05) is 13.2 Å². The van der Waals surface area contributed by atoms with E-state index in [1.165, 1.54) is 12.2 Å². The molecule has 0 radical (unpaired) electrons. The third-order valence-corrected chi connectivity index (χ3v) is 3.51. The molecule has 0 aliphatic heterocycles. The van der Waals surface area contributed by atoms with Crippen LogP contribution in [0.1, 0.15) is 25.0 Å². The summed E-state index contributed by atoms with van der Waals surface area (Å²) in [4.78, 5) is 27.3. The van der Waals surface area contributed by atoms with Crippen molar-refractivity contribution in [3.8, 4) is 0 Å². The van der Waals surface area contributed by atoms with Gasteiger partial charge in [0.25, 0.3) is 0 Å². The van der Waals surface area contributed by atoms with Crippen LogP contribution in [0.15, 0.2) is 58.5 Å². The Balaban J connectivity index is 0.000000370. The highest BCUT2D eigenvalue weighted by Crippen LogP contribution is 2.17. The average Bonchev–Trinajstić information content (AvgIpc) is 2.70. The first kappa shape index (κ1) is 23.1. The summed E-state index contributed by atoms with van der Waals surface area (Å²) in [7, 11) is 0. The summed E-state index contributed by atoms with van der Waals surface area (Å²) in [5.41, 5.74) is 3.40. The maximum Gasteiger partial charge on any atom is 0.240 e. The second-order valence-electron chi connectivity index (χ2n) is 6.09. The summed E-state index contributed by atoms with van der Waals surface area (Å²) in [5.74, 6) is 0. The number of ether oxygens (including phenoxy) is 1. The van der Waals surface area contributed by atoms with E-state index in [1.54, 1.807) is 38.1 Å². The van der Waals surface area contributed by atoms with Gasteiger partial charge in [-0.15, -0.1) is 0 Å². The van der Waals surface area contributed by atoms with Gasteiger partial charge in [-0.05, 0) is 55.7 Å². The molecule has 0 aromatic heterocycles. The number of aliphatic hydroxyl groups excluding tert-OH is 2. The van der Waals surface area contributed by atoms with E-state index in [9.17, 15) is 9.59 Å². The molecule has 2 atom stereocenters. The zero-order valence-corrected chi connectivity index (χ0v) is 15.9. The molecule has 0 saturated heterocycles. The topological polar surface area (TPSA) is 109 Å². The Bertz CT molecular complexity index is 731. The Morgan fingerprint density at radius 2 is 1.32 bits per heavy atom. The first-order chi connectivity index (χ1) is 13.5. The summed E-state index contributed by atoms with van der Waals surface area (Å²) in [5, 5.41) is 17.1. The molecule has 2 aromatic carbocycles. The molecule has 0 amide bonds. The molecule has 0 aliphatic carbocycles. The van der Waals surface area contributed by atoms with Gasteiger partial charge < -0.3 is 14.9 Å². The third kappa shape index (κ3) is 9.69. The summed E-state index contributed by atoms with van der Waals surface area (Å²) in [6, 6.07) is 14.7. The van der Waals surface area contributed by atoms with Crippen LogP contribution in [-0.4, -0.2) is 47.8 Å². The largest absolute Gasteiger partial charge is 0.394 e. The van der Waals surface area contributed by atoms with E-state index < -0.39 is 6.10 Å². The number of rotatable bonds is 8. The van der Waals surface area contributed by atoms with Crippen molar-refractivity contribution in [1.29, 1.82) is 0 Å². The van der Waals surface area contributed by atoms with Crippen LogP contribution in [0.25, 0.3) is 0 Å². The van der Waals surface area contributed by atoms with Gasteiger partial charge in [0.2, 0.25) is 12.2 Å². The second kappa shape index (κ2) is 13.3. The fourth-order valence-corrected chi connectivity index (χ4v) is 2.07. The highest BCUT2D eigenvalue weighted by Gasteiger charge is 2.01. The minimum Gasteiger partial charge on any atom is -0.394 e. The number of isocyanates is 2. The van der Waals surface area contributed by atoms with Crippen LogP contribution < -0.4 is 0 Å². The number of benzene rings is 2. The van der Waals surface area contributed by atoms with Gasteiger partial charge in [0.1, 0.15) is 0 Å². The number of aliphatic hydroxyl groups is 2. The highest BCUT2D eigenvalue weighted by atomic mass is 16.5. The van der Waals surface area contributed by atoms with E-state index in [2.05, 4.69) is 9.98 Å². The molecule has 0 aliphatic rings. The van der Waals surface area contributed by atoms with Gasteiger partial charge in [0, 0.05) is 0 Å². The summed E-state index contributed by atoms with van der Waals surface area (Å²) < 4.78 is 4.95. The number of hydrogen-bond donors (Lipinski definition) is 2. The van der Waals surface area contributed by atoms with Crippen molar-refractivity contribution in [2.45, 2.75) is 32.5 Å². The quantitative estimate of drug-likeness (QED) is 0.537. The molecule has 2 rings (SSSR count). The van der Waals surface area contributed by atoms with Crippen molar-refractivity contribution in [2.24, 2.45) is 9.98 Å². The lowest BCUT2D eigenvalue weighted by Gasteiger charge is -2.10. The van der Waals surface area contributed by atoms with Crippen molar-refractivity contribution >= 4 is 23.5 Å². The SMILES string of the molecule is CC(O)COC(C)CO.O=C=Nc1ccc(Cc2ccc(N=C=O)cc2)cc1. The molecule has 0 heterocycles. The second-order valence-corrected chi connectivity index (χ2v) is 6.09. The van der Waals surface area contributed by atoms with Crippen LogP contribution in [0.3, 0.4) is 0 Å². The van der Waals surface area contributed by atoms with E-state index in [-0.39, 0.29) is 12.7 Å². The van der Waals surface area contributed by atoms with Crippen LogP contribution >= 0.6 is 0 Å². The average molecular weight is 384 g/mol. The molecule has 0 spiro atoms. The first-order valence-electron chi connectivity index (χ1n) is 8.72. The van der Waals surface area contributed by atoms with Crippen molar-refractivity contribution in [1.82, 2.24) is 0 Å². The third-order valence-electron chi connectivity index (χ3n) is 3.51. The van der Waals surface area contributed by atoms with Crippen LogP contribution in [0.5, 0.6) is 0 Å². The lowest BCUT2D eigenvalue weighted by atomic mass is 10.0. The maximum absolute atomic E-state index is 10.1. The van der Waals surface area contributed by atoms with Crippen LogP contribution in [0.4, 0.5) is 11.4 Å². The van der Waals surface area contributed by atoms with E-state index in [0.717, 1.165) is 17.5 Å². The molecule has 0 bridgehead atoms. The number of hydrogen-bond acceptors (Lipinski definition) is 7. The molecule has 7 nitrogen and oxygen atoms in total. The van der Waals surface area contributed by atoms with E-state index in [4.69, 9.17) is 14.9 Å². The summed E-state index contributed by atoms with van der Waals surface area (Å²) in [6.45, 7) is 3.70. The van der Waals surface area contributed by atoms with Gasteiger partial charge in [-0.3, -0.25) is 0 Å². The highest BCUT2D eigenvalue weighted by molar-refractivity contribution is 5.51.